The quantitative estimate of drug-likeness (QED) is 0.885. The summed E-state index contributed by atoms with van der Waals surface area (Å²) < 4.78 is 10.5. The molecular formula is C19H24N4O3. The molecule has 0 bridgehead atoms. The Morgan fingerprint density at radius 2 is 1.85 bits per heavy atom. The van der Waals surface area contributed by atoms with E-state index in [0.717, 1.165) is 31.9 Å². The minimum absolute atomic E-state index is 0.290. The topological polar surface area (TPSA) is 66.9 Å². The molecule has 1 aliphatic rings. The van der Waals surface area contributed by atoms with Crippen LogP contribution in [-0.2, 0) is 0 Å². The molecule has 1 aromatic carbocycles. The molecule has 1 aromatic heterocycles. The van der Waals surface area contributed by atoms with Crippen LogP contribution in [-0.4, -0.2) is 63.2 Å². The summed E-state index contributed by atoms with van der Waals surface area (Å²) in [6, 6.07) is 8.93. The number of nitrogens with one attached hydrogen (secondary N) is 1. The zero-order chi connectivity index (χ0) is 18.5. The SMILES string of the molecule is COc1ccc(OC)c(NC(=O)c2ccc(N3CCN(C)CC3)cn2)c1. The third kappa shape index (κ3) is 4.05. The first kappa shape index (κ1) is 18.0. The Balaban J connectivity index is 1.70. The zero-order valence-electron chi connectivity index (χ0n) is 15.4. The van der Waals surface area contributed by atoms with Crippen molar-refractivity contribution in [3.63, 3.8) is 0 Å². The number of benzene rings is 1. The van der Waals surface area contributed by atoms with Gasteiger partial charge in [0.15, 0.2) is 0 Å². The summed E-state index contributed by atoms with van der Waals surface area (Å²) in [5.74, 6) is 0.911. The molecule has 1 aliphatic heterocycles. The van der Waals surface area contributed by atoms with Crippen molar-refractivity contribution in [1.82, 2.24) is 9.88 Å². The average molecular weight is 356 g/mol. The van der Waals surface area contributed by atoms with Crippen molar-refractivity contribution in [2.45, 2.75) is 0 Å². The van der Waals surface area contributed by atoms with Gasteiger partial charge in [0, 0.05) is 32.2 Å². The Labute approximate surface area is 153 Å². The highest BCUT2D eigenvalue weighted by atomic mass is 16.5. The fraction of sp³-hybridized carbons (Fsp3) is 0.368. The highest BCUT2D eigenvalue weighted by Crippen LogP contribution is 2.29. The number of pyridine rings is 1. The second-order valence-electron chi connectivity index (χ2n) is 6.21. The summed E-state index contributed by atoms with van der Waals surface area (Å²) in [6.45, 7) is 3.98. The monoisotopic (exact) mass is 356 g/mol. The van der Waals surface area contributed by atoms with Crippen LogP contribution in [0, 0.1) is 0 Å². The van der Waals surface area contributed by atoms with E-state index in [9.17, 15) is 4.79 Å². The summed E-state index contributed by atoms with van der Waals surface area (Å²) in [4.78, 5) is 21.4. The van der Waals surface area contributed by atoms with Crippen molar-refractivity contribution in [3.8, 4) is 11.5 Å². The van der Waals surface area contributed by atoms with Crippen LogP contribution in [0.1, 0.15) is 10.5 Å². The van der Waals surface area contributed by atoms with Gasteiger partial charge in [0.25, 0.3) is 5.91 Å². The molecule has 0 radical (unpaired) electrons. The number of nitrogens with zero attached hydrogens (tertiary/aromatic N) is 3. The van der Waals surface area contributed by atoms with Crippen LogP contribution in [0.3, 0.4) is 0 Å². The standard InChI is InChI=1S/C19H24N4O3/c1-22-8-10-23(11-9-22)14-4-6-16(20-13-14)19(24)21-17-12-15(25-2)5-7-18(17)26-3/h4-7,12-13H,8-11H2,1-3H3,(H,21,24). The Kier molecular flexibility index (Phi) is 5.58. The lowest BCUT2D eigenvalue weighted by Crippen LogP contribution is -2.44. The maximum absolute atomic E-state index is 12.5. The highest BCUT2D eigenvalue weighted by molar-refractivity contribution is 6.03. The van der Waals surface area contributed by atoms with Crippen LogP contribution in [0.15, 0.2) is 36.5 Å². The largest absolute Gasteiger partial charge is 0.497 e. The van der Waals surface area contributed by atoms with Gasteiger partial charge in [-0.15, -0.1) is 0 Å². The molecule has 26 heavy (non-hydrogen) atoms. The highest BCUT2D eigenvalue weighted by Gasteiger charge is 2.16. The lowest BCUT2D eigenvalue weighted by Gasteiger charge is -2.33. The number of likely N-dealkylation sites (N-methyl/N-ethyl adjacent to an activating group) is 1. The number of piperazine rings is 1. The third-order valence-electron chi connectivity index (χ3n) is 4.50. The molecule has 7 heteroatoms. The van der Waals surface area contributed by atoms with Crippen molar-refractivity contribution in [2.75, 3.05) is 57.7 Å². The van der Waals surface area contributed by atoms with Crippen LogP contribution in [0.4, 0.5) is 11.4 Å². The smallest absolute Gasteiger partial charge is 0.274 e. The van der Waals surface area contributed by atoms with Gasteiger partial charge in [-0.05, 0) is 31.3 Å². The molecular weight excluding hydrogens is 332 g/mol. The van der Waals surface area contributed by atoms with Gasteiger partial charge in [-0.3, -0.25) is 4.79 Å². The van der Waals surface area contributed by atoms with Crippen molar-refractivity contribution in [2.24, 2.45) is 0 Å². The third-order valence-corrected chi connectivity index (χ3v) is 4.50. The van der Waals surface area contributed by atoms with Crippen molar-refractivity contribution in [3.05, 3.63) is 42.2 Å². The van der Waals surface area contributed by atoms with Crippen molar-refractivity contribution >= 4 is 17.3 Å². The molecule has 0 aliphatic carbocycles. The first-order valence-corrected chi connectivity index (χ1v) is 8.53. The van der Waals surface area contributed by atoms with Crippen LogP contribution in [0.5, 0.6) is 11.5 Å². The fourth-order valence-corrected chi connectivity index (χ4v) is 2.87. The molecule has 0 saturated carbocycles. The minimum Gasteiger partial charge on any atom is -0.497 e. The van der Waals surface area contributed by atoms with Gasteiger partial charge >= 0.3 is 0 Å². The van der Waals surface area contributed by atoms with E-state index in [4.69, 9.17) is 9.47 Å². The van der Waals surface area contributed by atoms with E-state index in [1.807, 2.05) is 6.07 Å². The number of hydrogen-bond acceptors (Lipinski definition) is 6. The molecule has 2 heterocycles. The zero-order valence-corrected chi connectivity index (χ0v) is 15.4. The van der Waals surface area contributed by atoms with Gasteiger partial charge in [0.1, 0.15) is 17.2 Å². The van der Waals surface area contributed by atoms with Crippen LogP contribution >= 0.6 is 0 Å². The molecule has 0 unspecified atom stereocenters. The lowest BCUT2D eigenvalue weighted by molar-refractivity contribution is 0.102. The van der Waals surface area contributed by atoms with Crippen molar-refractivity contribution in [1.29, 1.82) is 0 Å². The summed E-state index contributed by atoms with van der Waals surface area (Å²) in [5.41, 5.74) is 1.93. The molecule has 0 spiro atoms. The van der Waals surface area contributed by atoms with E-state index in [1.54, 1.807) is 44.7 Å². The summed E-state index contributed by atoms with van der Waals surface area (Å²) >= 11 is 0. The molecule has 1 fully saturated rings. The number of aromatic nitrogens is 1. The first-order valence-electron chi connectivity index (χ1n) is 8.53. The summed E-state index contributed by atoms with van der Waals surface area (Å²) in [5, 5.41) is 2.83. The maximum atomic E-state index is 12.5. The van der Waals surface area contributed by atoms with E-state index >= 15 is 0 Å². The number of ether oxygens (including phenoxy) is 2. The molecule has 1 saturated heterocycles. The number of carbonyl (C=O) groups excluding carboxylic acids is 1. The fourth-order valence-electron chi connectivity index (χ4n) is 2.87. The normalized spacial score (nSPS) is 14.8. The van der Waals surface area contributed by atoms with Crippen LogP contribution < -0.4 is 19.7 Å². The number of anilines is 2. The number of amides is 1. The second kappa shape index (κ2) is 8.05. The van der Waals surface area contributed by atoms with Gasteiger partial charge < -0.3 is 24.6 Å². The van der Waals surface area contributed by atoms with Crippen LogP contribution in [0.25, 0.3) is 0 Å². The van der Waals surface area contributed by atoms with E-state index < -0.39 is 0 Å². The molecule has 7 nitrogen and oxygen atoms in total. The average Bonchev–Trinajstić information content (AvgIpc) is 2.68. The second-order valence-corrected chi connectivity index (χ2v) is 6.21. The van der Waals surface area contributed by atoms with Crippen LogP contribution in [0.2, 0.25) is 0 Å². The lowest BCUT2D eigenvalue weighted by atomic mass is 10.2. The molecule has 2 aromatic rings. The molecule has 1 N–H and O–H groups in total. The van der Waals surface area contributed by atoms with Gasteiger partial charge in [-0.2, -0.15) is 0 Å². The number of hydrogen-bond donors (Lipinski definition) is 1. The predicted molar refractivity (Wildman–Crippen MR) is 101 cm³/mol. The molecule has 3 rings (SSSR count). The van der Waals surface area contributed by atoms with E-state index in [1.165, 1.54) is 0 Å². The molecule has 0 atom stereocenters. The Morgan fingerprint density at radius 3 is 2.46 bits per heavy atom. The van der Waals surface area contributed by atoms with Gasteiger partial charge in [0.05, 0.1) is 31.8 Å². The number of methoxy groups -OCH3 is 2. The summed E-state index contributed by atoms with van der Waals surface area (Å²) in [6.07, 6.45) is 1.75. The Bertz CT molecular complexity index is 756. The van der Waals surface area contributed by atoms with Crippen molar-refractivity contribution < 1.29 is 14.3 Å². The summed E-state index contributed by atoms with van der Waals surface area (Å²) in [7, 11) is 5.25. The molecule has 138 valence electrons. The maximum Gasteiger partial charge on any atom is 0.274 e. The van der Waals surface area contributed by atoms with E-state index in [-0.39, 0.29) is 5.91 Å². The number of rotatable bonds is 5. The van der Waals surface area contributed by atoms with Gasteiger partial charge in [-0.1, -0.05) is 0 Å². The van der Waals surface area contributed by atoms with Gasteiger partial charge in [-0.25, -0.2) is 4.98 Å². The Hall–Kier alpha value is -2.80. The first-order chi connectivity index (χ1) is 12.6. The van der Waals surface area contributed by atoms with E-state index in [2.05, 4.69) is 27.1 Å². The predicted octanol–water partition coefficient (Wildman–Crippen LogP) is 2.10. The minimum atomic E-state index is -0.290. The number of carbonyl (C=O) groups is 1. The Morgan fingerprint density at radius 1 is 1.08 bits per heavy atom. The molecule has 1 amide bonds. The van der Waals surface area contributed by atoms with Gasteiger partial charge in [0.2, 0.25) is 0 Å². The van der Waals surface area contributed by atoms with E-state index in [0.29, 0.717) is 22.9 Å².